The Balaban J connectivity index is 3.71. The zero-order chi connectivity index (χ0) is 32.4. The summed E-state index contributed by atoms with van der Waals surface area (Å²) in [4.78, 5) is 14.4. The minimum absolute atomic E-state index is 0.146. The number of nitrogens with zero attached hydrogens (tertiary/aromatic N) is 1. The number of hydrogen-bond acceptors (Lipinski definition) is 5. The molecule has 1 unspecified atom stereocenters. The van der Waals surface area contributed by atoms with Crippen LogP contribution in [0.25, 0.3) is 0 Å². The van der Waals surface area contributed by atoms with Crippen LogP contribution in [-0.4, -0.2) is 73.1 Å². The van der Waals surface area contributed by atoms with Gasteiger partial charge in [-0.15, -0.1) is 0 Å². The molecule has 0 aromatic carbocycles. The van der Waals surface area contributed by atoms with Gasteiger partial charge in [0.2, 0.25) is 5.91 Å². The number of carbonyl (C=O) groups excluding carboxylic acids is 1. The van der Waals surface area contributed by atoms with E-state index < -0.39 is 6.10 Å². The van der Waals surface area contributed by atoms with Gasteiger partial charge in [-0.05, 0) is 63.8 Å². The highest BCUT2D eigenvalue weighted by molar-refractivity contribution is 5.75. The summed E-state index contributed by atoms with van der Waals surface area (Å²) in [5, 5.41) is 22.3. The predicted molar refractivity (Wildman–Crippen MR) is 189 cm³/mol. The first-order valence-corrected chi connectivity index (χ1v) is 19.0. The van der Waals surface area contributed by atoms with Gasteiger partial charge in [-0.25, -0.2) is 0 Å². The van der Waals surface area contributed by atoms with Crippen LogP contribution in [-0.2, 0) is 9.53 Å². The Morgan fingerprint density at radius 3 is 1.91 bits per heavy atom. The molecule has 1 amide bonds. The summed E-state index contributed by atoms with van der Waals surface area (Å²) in [7, 11) is 0. The van der Waals surface area contributed by atoms with Gasteiger partial charge in [-0.3, -0.25) is 4.79 Å². The lowest BCUT2D eigenvalue weighted by atomic mass is 10.0. The highest BCUT2D eigenvalue weighted by Crippen LogP contribution is 2.13. The van der Waals surface area contributed by atoms with Gasteiger partial charge in [-0.1, -0.05) is 123 Å². The molecule has 0 heterocycles. The van der Waals surface area contributed by atoms with E-state index in [1.165, 1.54) is 109 Å². The Hall–Kier alpha value is -0.950. The van der Waals surface area contributed by atoms with Crippen LogP contribution in [0.5, 0.6) is 0 Å². The fraction of sp³-hybridized carbons (Fsp3) is 0.921. The Morgan fingerprint density at radius 1 is 0.727 bits per heavy atom. The van der Waals surface area contributed by atoms with E-state index in [1.807, 2.05) is 0 Å². The molecule has 0 aliphatic rings. The average molecular weight is 625 g/mol. The molecule has 6 nitrogen and oxygen atoms in total. The van der Waals surface area contributed by atoms with E-state index in [-0.39, 0.29) is 12.5 Å². The first-order chi connectivity index (χ1) is 21.5. The number of allylic oxidation sites excluding steroid dienone is 2. The molecule has 0 saturated carbocycles. The van der Waals surface area contributed by atoms with Crippen LogP contribution in [0.4, 0.5) is 0 Å². The van der Waals surface area contributed by atoms with Crippen LogP contribution in [0.1, 0.15) is 168 Å². The van der Waals surface area contributed by atoms with E-state index in [2.05, 4.69) is 43.1 Å². The molecule has 0 spiro atoms. The second kappa shape index (κ2) is 34.9. The smallest absolute Gasteiger partial charge is 0.219 e. The van der Waals surface area contributed by atoms with E-state index >= 15 is 0 Å². The second-order valence-electron chi connectivity index (χ2n) is 13.4. The van der Waals surface area contributed by atoms with Crippen molar-refractivity contribution < 1.29 is 19.7 Å². The Labute approximate surface area is 274 Å². The summed E-state index contributed by atoms with van der Waals surface area (Å²) in [5.74, 6) is 0.986. The molecule has 0 saturated heterocycles. The van der Waals surface area contributed by atoms with Gasteiger partial charge in [0.15, 0.2) is 0 Å². The fourth-order valence-electron chi connectivity index (χ4n) is 5.58. The van der Waals surface area contributed by atoms with Crippen molar-refractivity contribution in [3.63, 3.8) is 0 Å². The van der Waals surface area contributed by atoms with Crippen molar-refractivity contribution in [3.05, 3.63) is 12.2 Å². The molecule has 0 radical (unpaired) electrons. The van der Waals surface area contributed by atoms with Crippen LogP contribution in [0.3, 0.4) is 0 Å². The normalized spacial score (nSPS) is 12.6. The molecule has 0 aromatic rings. The minimum Gasteiger partial charge on any atom is -0.394 e. The molecule has 3 N–H and O–H groups in total. The maximum Gasteiger partial charge on any atom is 0.219 e. The number of aliphatic hydroxyl groups excluding tert-OH is 2. The largest absolute Gasteiger partial charge is 0.394 e. The van der Waals surface area contributed by atoms with E-state index in [0.29, 0.717) is 19.5 Å². The maximum atomic E-state index is 12.2. The van der Waals surface area contributed by atoms with Crippen molar-refractivity contribution in [1.82, 2.24) is 10.2 Å². The molecule has 1 atom stereocenters. The van der Waals surface area contributed by atoms with Crippen molar-refractivity contribution in [3.8, 4) is 0 Å². The lowest BCUT2D eigenvalue weighted by molar-refractivity contribution is -0.121. The van der Waals surface area contributed by atoms with E-state index in [1.54, 1.807) is 0 Å². The number of hydrogen-bond donors (Lipinski definition) is 3. The highest BCUT2D eigenvalue weighted by Gasteiger charge is 2.11. The second-order valence-corrected chi connectivity index (χ2v) is 13.4. The SMILES string of the molecule is CCCCCC/C=C\CCCCCCCC(=O)NCCCN(CCCOCCCCCCCCCCC(C)C)CC(O)CO. The minimum atomic E-state index is -0.729. The summed E-state index contributed by atoms with van der Waals surface area (Å²) in [5.41, 5.74) is 0. The first-order valence-electron chi connectivity index (χ1n) is 19.0. The van der Waals surface area contributed by atoms with Crippen LogP contribution in [0.2, 0.25) is 0 Å². The zero-order valence-electron chi connectivity index (χ0n) is 29.7. The van der Waals surface area contributed by atoms with Gasteiger partial charge in [-0.2, -0.15) is 0 Å². The van der Waals surface area contributed by atoms with Crippen LogP contribution >= 0.6 is 0 Å². The monoisotopic (exact) mass is 625 g/mol. The van der Waals surface area contributed by atoms with Crippen LogP contribution in [0.15, 0.2) is 12.2 Å². The van der Waals surface area contributed by atoms with Crippen molar-refractivity contribution in [1.29, 1.82) is 0 Å². The number of carbonyl (C=O) groups is 1. The van der Waals surface area contributed by atoms with Gasteiger partial charge in [0, 0.05) is 39.3 Å². The molecule has 6 heteroatoms. The third-order valence-electron chi connectivity index (χ3n) is 8.40. The van der Waals surface area contributed by atoms with Crippen molar-refractivity contribution in [2.75, 3.05) is 46.0 Å². The Kier molecular flexibility index (Phi) is 34.2. The van der Waals surface area contributed by atoms with E-state index in [9.17, 15) is 15.0 Å². The quantitative estimate of drug-likeness (QED) is 0.0484. The summed E-state index contributed by atoms with van der Waals surface area (Å²) in [6.45, 7) is 10.9. The number of nitrogens with one attached hydrogen (secondary N) is 1. The van der Waals surface area contributed by atoms with Gasteiger partial charge in [0.25, 0.3) is 0 Å². The standard InChI is InChI=1S/C38H76N2O4/c1-4-5-6-7-8-9-10-11-12-13-17-20-23-28-38(43)39-29-25-30-40(34-37(42)35-41)31-26-33-44-32-24-21-18-15-14-16-19-22-27-36(2)3/h9-10,36-37,41-42H,4-8,11-35H2,1-3H3,(H,39,43)/b10-9-. The summed E-state index contributed by atoms with van der Waals surface area (Å²) in [6.07, 6.45) is 31.9. The molecule has 0 bridgehead atoms. The third kappa shape index (κ3) is 33.9. The Morgan fingerprint density at radius 2 is 1.27 bits per heavy atom. The average Bonchev–Trinajstić information content (AvgIpc) is 3.01. The predicted octanol–water partition coefficient (Wildman–Crippen LogP) is 8.98. The first kappa shape index (κ1) is 43.0. The van der Waals surface area contributed by atoms with Crippen molar-refractivity contribution in [2.24, 2.45) is 5.92 Å². The summed E-state index contributed by atoms with van der Waals surface area (Å²) >= 11 is 0. The molecule has 0 aromatic heterocycles. The number of ether oxygens (including phenoxy) is 1. The molecular weight excluding hydrogens is 548 g/mol. The summed E-state index contributed by atoms with van der Waals surface area (Å²) < 4.78 is 5.85. The molecule has 0 aliphatic carbocycles. The fourth-order valence-corrected chi connectivity index (χ4v) is 5.58. The molecule has 0 fully saturated rings. The summed E-state index contributed by atoms with van der Waals surface area (Å²) in [6, 6.07) is 0. The lowest BCUT2D eigenvalue weighted by Gasteiger charge is -2.24. The van der Waals surface area contributed by atoms with E-state index in [4.69, 9.17) is 4.74 Å². The van der Waals surface area contributed by atoms with Gasteiger partial charge in [0.1, 0.15) is 0 Å². The van der Waals surface area contributed by atoms with Crippen molar-refractivity contribution >= 4 is 5.91 Å². The van der Waals surface area contributed by atoms with Gasteiger partial charge in [0.05, 0.1) is 12.7 Å². The highest BCUT2D eigenvalue weighted by atomic mass is 16.5. The molecular formula is C38H76N2O4. The third-order valence-corrected chi connectivity index (χ3v) is 8.40. The topological polar surface area (TPSA) is 82.0 Å². The number of aliphatic hydroxyl groups is 2. The van der Waals surface area contributed by atoms with Gasteiger partial charge >= 0.3 is 0 Å². The van der Waals surface area contributed by atoms with E-state index in [0.717, 1.165) is 64.3 Å². The van der Waals surface area contributed by atoms with Crippen LogP contribution in [0, 0.1) is 5.92 Å². The molecule has 44 heavy (non-hydrogen) atoms. The number of unbranched alkanes of at least 4 members (excludes halogenated alkanes) is 16. The van der Waals surface area contributed by atoms with Crippen LogP contribution < -0.4 is 5.32 Å². The maximum absolute atomic E-state index is 12.2. The number of rotatable bonds is 35. The number of amides is 1. The molecule has 0 rings (SSSR count). The Bertz CT molecular complexity index is 614. The zero-order valence-corrected chi connectivity index (χ0v) is 29.7. The molecule has 262 valence electrons. The van der Waals surface area contributed by atoms with Gasteiger partial charge < -0.3 is 25.2 Å². The molecule has 0 aliphatic heterocycles. The van der Waals surface area contributed by atoms with Crippen molar-refractivity contribution in [2.45, 2.75) is 175 Å². The lowest BCUT2D eigenvalue weighted by Crippen LogP contribution is -2.37.